The van der Waals surface area contributed by atoms with Crippen molar-refractivity contribution in [1.82, 2.24) is 9.97 Å². The highest BCUT2D eigenvalue weighted by Crippen LogP contribution is 2.25. The van der Waals surface area contributed by atoms with Crippen LogP contribution in [0.2, 0.25) is 0 Å². The van der Waals surface area contributed by atoms with Gasteiger partial charge >= 0.3 is 0 Å². The van der Waals surface area contributed by atoms with Crippen LogP contribution in [0.25, 0.3) is 22.3 Å². The number of anilines is 1. The van der Waals surface area contributed by atoms with E-state index in [1.54, 1.807) is 6.20 Å². The average Bonchev–Trinajstić information content (AvgIpc) is 2.75. The van der Waals surface area contributed by atoms with E-state index in [-0.39, 0.29) is 11.6 Å². The number of nitro groups is 1. The van der Waals surface area contributed by atoms with Crippen LogP contribution in [0.5, 0.6) is 0 Å². The van der Waals surface area contributed by atoms with Crippen LogP contribution in [0.4, 0.5) is 11.4 Å². The fourth-order valence-electron chi connectivity index (χ4n) is 2.94. The molecule has 7 nitrogen and oxygen atoms in total. The Kier molecular flexibility index (Phi) is 4.70. The molecule has 0 unspecified atom stereocenters. The van der Waals surface area contributed by atoms with E-state index in [1.165, 1.54) is 24.3 Å². The van der Waals surface area contributed by atoms with E-state index in [0.717, 1.165) is 22.2 Å². The molecule has 7 heteroatoms. The van der Waals surface area contributed by atoms with Crippen molar-refractivity contribution in [1.29, 1.82) is 0 Å². The predicted octanol–water partition coefficient (Wildman–Crippen LogP) is 4.77. The summed E-state index contributed by atoms with van der Waals surface area (Å²) in [6.45, 7) is 1.89. The SMILES string of the molecule is Cc1ccc(-c2cnc3ccccc3n2)cc1NC(=O)c1ccc([N+](=O)[O-])cc1. The monoisotopic (exact) mass is 384 g/mol. The number of para-hydroxylation sites is 2. The van der Waals surface area contributed by atoms with Gasteiger partial charge in [-0.1, -0.05) is 24.3 Å². The third-order valence-corrected chi connectivity index (χ3v) is 4.57. The van der Waals surface area contributed by atoms with Crippen molar-refractivity contribution in [3.8, 4) is 11.3 Å². The lowest BCUT2D eigenvalue weighted by Crippen LogP contribution is -2.12. The zero-order valence-electron chi connectivity index (χ0n) is 15.5. The summed E-state index contributed by atoms with van der Waals surface area (Å²) in [4.78, 5) is 31.9. The predicted molar refractivity (Wildman–Crippen MR) is 111 cm³/mol. The number of carbonyl (C=O) groups is 1. The number of nitrogens with one attached hydrogen (secondary N) is 1. The van der Waals surface area contributed by atoms with Gasteiger partial charge in [-0.3, -0.25) is 19.9 Å². The number of benzene rings is 3. The molecular weight excluding hydrogens is 368 g/mol. The molecule has 0 aliphatic carbocycles. The minimum Gasteiger partial charge on any atom is -0.322 e. The lowest BCUT2D eigenvalue weighted by Gasteiger charge is -2.11. The molecule has 0 radical (unpaired) electrons. The molecule has 1 N–H and O–H groups in total. The zero-order chi connectivity index (χ0) is 20.4. The molecule has 1 amide bonds. The Morgan fingerprint density at radius 2 is 1.72 bits per heavy atom. The minimum absolute atomic E-state index is 0.0605. The van der Waals surface area contributed by atoms with Gasteiger partial charge in [-0.05, 0) is 42.8 Å². The third-order valence-electron chi connectivity index (χ3n) is 4.57. The molecule has 4 rings (SSSR count). The van der Waals surface area contributed by atoms with Crippen LogP contribution in [-0.2, 0) is 0 Å². The van der Waals surface area contributed by atoms with Gasteiger partial charge < -0.3 is 5.32 Å². The molecule has 1 heterocycles. The molecular formula is C22H16N4O3. The van der Waals surface area contributed by atoms with Crippen molar-refractivity contribution < 1.29 is 9.72 Å². The number of aryl methyl sites for hydroxylation is 1. The fourth-order valence-corrected chi connectivity index (χ4v) is 2.94. The normalized spacial score (nSPS) is 10.7. The van der Waals surface area contributed by atoms with Crippen LogP contribution >= 0.6 is 0 Å². The van der Waals surface area contributed by atoms with Gasteiger partial charge in [0.05, 0.1) is 27.8 Å². The van der Waals surface area contributed by atoms with E-state index >= 15 is 0 Å². The maximum Gasteiger partial charge on any atom is 0.269 e. The molecule has 0 saturated carbocycles. The van der Waals surface area contributed by atoms with Crippen molar-refractivity contribution in [3.63, 3.8) is 0 Å². The summed E-state index contributed by atoms with van der Waals surface area (Å²) in [5, 5.41) is 13.6. The van der Waals surface area contributed by atoms with Crippen LogP contribution in [0.15, 0.2) is 72.9 Å². The van der Waals surface area contributed by atoms with Gasteiger partial charge in [0.25, 0.3) is 11.6 Å². The topological polar surface area (TPSA) is 98.0 Å². The molecule has 0 fully saturated rings. The maximum absolute atomic E-state index is 12.6. The number of rotatable bonds is 4. The van der Waals surface area contributed by atoms with Crippen LogP contribution in [-0.4, -0.2) is 20.8 Å². The summed E-state index contributed by atoms with van der Waals surface area (Å²) in [5.74, 6) is -0.343. The average molecular weight is 384 g/mol. The first-order chi connectivity index (χ1) is 14.0. The first-order valence-corrected chi connectivity index (χ1v) is 8.90. The summed E-state index contributed by atoms with van der Waals surface area (Å²) in [6, 6.07) is 18.8. The second kappa shape index (κ2) is 7.47. The number of fused-ring (bicyclic) bond motifs is 1. The van der Waals surface area contributed by atoms with Crippen LogP contribution < -0.4 is 5.32 Å². The summed E-state index contributed by atoms with van der Waals surface area (Å²) >= 11 is 0. The molecule has 0 aliphatic heterocycles. The molecule has 0 bridgehead atoms. The Morgan fingerprint density at radius 3 is 2.45 bits per heavy atom. The Balaban J connectivity index is 1.62. The number of amides is 1. The van der Waals surface area contributed by atoms with Crippen LogP contribution in [0.3, 0.4) is 0 Å². The zero-order valence-corrected chi connectivity index (χ0v) is 15.5. The van der Waals surface area contributed by atoms with Crippen LogP contribution in [0.1, 0.15) is 15.9 Å². The number of nitro benzene ring substituents is 1. The first-order valence-electron chi connectivity index (χ1n) is 8.90. The molecule has 142 valence electrons. The number of aromatic nitrogens is 2. The molecule has 4 aromatic rings. The van der Waals surface area contributed by atoms with Gasteiger partial charge in [-0.2, -0.15) is 0 Å². The van der Waals surface area contributed by atoms with Gasteiger partial charge in [0.1, 0.15) is 0 Å². The Bertz CT molecular complexity index is 1240. The number of hydrogen-bond donors (Lipinski definition) is 1. The quantitative estimate of drug-likeness (QED) is 0.404. The highest BCUT2D eigenvalue weighted by atomic mass is 16.6. The summed E-state index contributed by atoms with van der Waals surface area (Å²) < 4.78 is 0. The van der Waals surface area contributed by atoms with E-state index < -0.39 is 4.92 Å². The first kappa shape index (κ1) is 18.2. The van der Waals surface area contributed by atoms with Gasteiger partial charge in [0.2, 0.25) is 0 Å². The Morgan fingerprint density at radius 1 is 1.00 bits per heavy atom. The maximum atomic E-state index is 12.6. The molecule has 0 atom stereocenters. The molecule has 0 saturated heterocycles. The standard InChI is InChI=1S/C22H16N4O3/c1-14-6-7-16(21-13-23-18-4-2-3-5-19(18)24-21)12-20(14)25-22(27)15-8-10-17(11-9-15)26(28)29/h2-13H,1H3,(H,25,27). The fraction of sp³-hybridized carbons (Fsp3) is 0.0455. The van der Waals surface area contributed by atoms with E-state index in [2.05, 4.69) is 15.3 Å². The Labute approximate surface area is 166 Å². The summed E-state index contributed by atoms with van der Waals surface area (Å²) in [5.41, 5.74) is 4.94. The number of hydrogen-bond acceptors (Lipinski definition) is 5. The number of carbonyl (C=O) groups excluding carboxylic acids is 1. The highest BCUT2D eigenvalue weighted by Gasteiger charge is 2.12. The molecule has 0 aliphatic rings. The lowest BCUT2D eigenvalue weighted by molar-refractivity contribution is -0.384. The van der Waals surface area contributed by atoms with Crippen molar-refractivity contribution in [2.24, 2.45) is 0 Å². The number of non-ortho nitro benzene ring substituents is 1. The van der Waals surface area contributed by atoms with Crippen molar-refractivity contribution in [3.05, 3.63) is 94.2 Å². The second-order valence-electron chi connectivity index (χ2n) is 6.53. The lowest BCUT2D eigenvalue weighted by atomic mass is 10.1. The van der Waals surface area contributed by atoms with E-state index in [9.17, 15) is 14.9 Å². The smallest absolute Gasteiger partial charge is 0.269 e. The molecule has 1 aromatic heterocycles. The summed E-state index contributed by atoms with van der Waals surface area (Å²) in [7, 11) is 0. The van der Waals surface area contributed by atoms with E-state index in [4.69, 9.17) is 0 Å². The number of nitrogens with zero attached hydrogens (tertiary/aromatic N) is 3. The van der Waals surface area contributed by atoms with Gasteiger partial charge in [0, 0.05) is 28.9 Å². The summed E-state index contributed by atoms with van der Waals surface area (Å²) in [6.07, 6.45) is 1.70. The highest BCUT2D eigenvalue weighted by molar-refractivity contribution is 6.05. The third kappa shape index (κ3) is 3.79. The molecule has 0 spiro atoms. The largest absolute Gasteiger partial charge is 0.322 e. The molecule has 29 heavy (non-hydrogen) atoms. The van der Waals surface area contributed by atoms with Gasteiger partial charge in [-0.15, -0.1) is 0 Å². The van der Waals surface area contributed by atoms with Crippen molar-refractivity contribution in [2.75, 3.05) is 5.32 Å². The van der Waals surface area contributed by atoms with E-state index in [1.807, 2.05) is 49.4 Å². The van der Waals surface area contributed by atoms with Gasteiger partial charge in [0.15, 0.2) is 0 Å². The second-order valence-corrected chi connectivity index (χ2v) is 6.53. The Hall–Kier alpha value is -4.13. The van der Waals surface area contributed by atoms with E-state index in [0.29, 0.717) is 16.9 Å². The molecule has 3 aromatic carbocycles. The minimum atomic E-state index is -0.500. The van der Waals surface area contributed by atoms with Gasteiger partial charge in [-0.25, -0.2) is 4.98 Å². The van der Waals surface area contributed by atoms with Crippen molar-refractivity contribution in [2.45, 2.75) is 6.92 Å². The van der Waals surface area contributed by atoms with Crippen molar-refractivity contribution >= 4 is 28.3 Å². The van der Waals surface area contributed by atoms with Crippen LogP contribution in [0, 0.1) is 17.0 Å².